The smallest absolute Gasteiger partial charge is 0.311 e. The molecule has 218 valence electrons. The summed E-state index contributed by atoms with van der Waals surface area (Å²) in [6.45, 7) is 6.94. The van der Waals surface area contributed by atoms with Gasteiger partial charge in [0.2, 0.25) is 0 Å². The van der Waals surface area contributed by atoms with E-state index in [2.05, 4.69) is 20.8 Å². The SMILES string of the molecule is C[C@H](CCC(=O)Oc1c(Cl)c(Cl)c(Cl)c(Cl)c1Cl)[C@H]1CC[C@H]2[C@@H]3CC[C@@H]4C[C@H](O)CC[C@]4(C)[C@H]3C[C@H](O)[C@]12C. The largest absolute Gasteiger partial charge is 0.423 e. The molecule has 39 heavy (non-hydrogen) atoms. The highest BCUT2D eigenvalue weighted by atomic mass is 35.5. The number of aliphatic hydroxyl groups is 2. The van der Waals surface area contributed by atoms with E-state index < -0.39 is 5.97 Å². The van der Waals surface area contributed by atoms with Crippen LogP contribution in [-0.4, -0.2) is 28.4 Å². The summed E-state index contributed by atoms with van der Waals surface area (Å²) in [6, 6.07) is 0. The predicted octanol–water partition coefficient (Wildman–Crippen LogP) is 9.27. The van der Waals surface area contributed by atoms with Gasteiger partial charge < -0.3 is 14.9 Å². The average Bonchev–Trinajstić information content (AvgIpc) is 3.27. The molecule has 0 aliphatic heterocycles. The molecule has 9 heteroatoms. The number of hydrogen-bond acceptors (Lipinski definition) is 4. The van der Waals surface area contributed by atoms with Gasteiger partial charge in [-0.15, -0.1) is 0 Å². The van der Waals surface area contributed by atoms with Crippen molar-refractivity contribution in [1.82, 2.24) is 0 Å². The Bertz CT molecular complexity index is 1100. The molecule has 0 amide bonds. The van der Waals surface area contributed by atoms with Gasteiger partial charge in [-0.3, -0.25) is 4.79 Å². The Kier molecular flexibility index (Phi) is 8.83. The first-order valence-corrected chi connectivity index (χ1v) is 16.3. The van der Waals surface area contributed by atoms with Gasteiger partial charge in [-0.1, -0.05) is 78.8 Å². The van der Waals surface area contributed by atoms with E-state index in [0.29, 0.717) is 36.0 Å². The molecule has 0 spiro atoms. The third-order valence-corrected chi connectivity index (χ3v) is 13.9. The molecule has 0 bridgehead atoms. The predicted molar refractivity (Wildman–Crippen MR) is 158 cm³/mol. The third-order valence-electron chi connectivity index (χ3n) is 11.7. The third kappa shape index (κ3) is 5.04. The van der Waals surface area contributed by atoms with Crippen molar-refractivity contribution in [2.24, 2.45) is 46.3 Å². The van der Waals surface area contributed by atoms with Crippen molar-refractivity contribution >= 4 is 64.0 Å². The molecule has 4 saturated carbocycles. The zero-order valence-electron chi connectivity index (χ0n) is 22.8. The van der Waals surface area contributed by atoms with Gasteiger partial charge in [-0.25, -0.2) is 0 Å². The number of carbonyl (C=O) groups is 1. The maximum atomic E-state index is 12.8. The number of rotatable bonds is 5. The van der Waals surface area contributed by atoms with Gasteiger partial charge in [0, 0.05) is 6.42 Å². The second-order valence-electron chi connectivity index (χ2n) is 13.3. The first kappa shape index (κ1) is 30.5. The summed E-state index contributed by atoms with van der Waals surface area (Å²) in [5.74, 6) is 2.23. The summed E-state index contributed by atoms with van der Waals surface area (Å²) in [5.41, 5.74) is 0.0552. The number of halogens is 5. The fourth-order valence-electron chi connectivity index (χ4n) is 9.55. The molecule has 0 radical (unpaired) electrons. The summed E-state index contributed by atoms with van der Waals surface area (Å²) < 4.78 is 5.50. The summed E-state index contributed by atoms with van der Waals surface area (Å²) in [6.07, 6.45) is 8.60. The zero-order valence-corrected chi connectivity index (χ0v) is 26.6. The van der Waals surface area contributed by atoms with Crippen LogP contribution in [0.1, 0.15) is 85.0 Å². The Hall–Kier alpha value is 0.0600. The minimum Gasteiger partial charge on any atom is -0.423 e. The van der Waals surface area contributed by atoms with E-state index in [4.69, 9.17) is 62.7 Å². The van der Waals surface area contributed by atoms with Crippen molar-refractivity contribution in [3.63, 3.8) is 0 Å². The van der Waals surface area contributed by atoms with Crippen LogP contribution in [0.5, 0.6) is 5.75 Å². The van der Waals surface area contributed by atoms with Crippen molar-refractivity contribution in [1.29, 1.82) is 0 Å². The van der Waals surface area contributed by atoms with E-state index in [1.807, 2.05) is 0 Å². The number of benzene rings is 1. The Balaban J connectivity index is 1.26. The monoisotopic (exact) mass is 638 g/mol. The minimum absolute atomic E-state index is 0.00860. The fraction of sp³-hybridized carbons (Fsp3) is 0.767. The van der Waals surface area contributed by atoms with Crippen molar-refractivity contribution in [3.8, 4) is 5.75 Å². The number of aliphatic hydroxyl groups excluding tert-OH is 2. The van der Waals surface area contributed by atoms with Crippen LogP contribution in [-0.2, 0) is 4.79 Å². The van der Waals surface area contributed by atoms with E-state index in [1.165, 1.54) is 12.8 Å². The second-order valence-corrected chi connectivity index (χ2v) is 15.2. The number of esters is 1. The van der Waals surface area contributed by atoms with E-state index >= 15 is 0 Å². The molecule has 4 aliphatic carbocycles. The van der Waals surface area contributed by atoms with Crippen molar-refractivity contribution in [2.45, 2.75) is 97.2 Å². The normalized spacial score (nSPS) is 40.4. The van der Waals surface area contributed by atoms with Gasteiger partial charge >= 0.3 is 5.97 Å². The van der Waals surface area contributed by atoms with Gasteiger partial charge in [0.05, 0.1) is 27.3 Å². The highest BCUT2D eigenvalue weighted by Gasteiger charge is 2.63. The molecule has 4 aliphatic rings. The Morgan fingerprint density at radius 1 is 0.897 bits per heavy atom. The average molecular weight is 641 g/mol. The molecule has 1 aromatic carbocycles. The van der Waals surface area contributed by atoms with Gasteiger partial charge in [-0.2, -0.15) is 0 Å². The van der Waals surface area contributed by atoms with Crippen LogP contribution in [0.3, 0.4) is 0 Å². The minimum atomic E-state index is -0.463. The Labute approximate surface area is 257 Å². The van der Waals surface area contributed by atoms with Gasteiger partial charge in [-0.05, 0) is 104 Å². The lowest BCUT2D eigenvalue weighted by Crippen LogP contribution is -2.58. The van der Waals surface area contributed by atoms with Crippen molar-refractivity contribution in [3.05, 3.63) is 25.1 Å². The van der Waals surface area contributed by atoms with Crippen LogP contribution in [0.2, 0.25) is 25.1 Å². The maximum Gasteiger partial charge on any atom is 0.311 e. The summed E-state index contributed by atoms with van der Waals surface area (Å²) in [7, 11) is 0. The first-order valence-electron chi connectivity index (χ1n) is 14.4. The lowest BCUT2D eigenvalue weighted by atomic mass is 9.43. The molecule has 4 fully saturated rings. The highest BCUT2D eigenvalue weighted by molar-refractivity contribution is 6.55. The van der Waals surface area contributed by atoms with Crippen LogP contribution in [0.4, 0.5) is 0 Å². The molecule has 10 atom stereocenters. The second kappa shape index (κ2) is 11.3. The van der Waals surface area contributed by atoms with Crippen LogP contribution < -0.4 is 4.74 Å². The summed E-state index contributed by atoms with van der Waals surface area (Å²) in [4.78, 5) is 12.8. The van der Waals surface area contributed by atoms with E-state index in [1.54, 1.807) is 0 Å². The topological polar surface area (TPSA) is 66.8 Å². The molecule has 0 unspecified atom stereocenters. The summed E-state index contributed by atoms with van der Waals surface area (Å²) >= 11 is 30.7. The number of carbonyl (C=O) groups excluding carboxylic acids is 1. The molecule has 0 saturated heterocycles. The Morgan fingerprint density at radius 3 is 2.21 bits per heavy atom. The van der Waals surface area contributed by atoms with Gasteiger partial charge in [0.25, 0.3) is 0 Å². The molecule has 2 N–H and O–H groups in total. The van der Waals surface area contributed by atoms with Crippen LogP contribution in [0.15, 0.2) is 0 Å². The zero-order chi connectivity index (χ0) is 28.4. The lowest BCUT2D eigenvalue weighted by molar-refractivity contribution is -0.175. The Morgan fingerprint density at radius 2 is 1.54 bits per heavy atom. The highest BCUT2D eigenvalue weighted by Crippen LogP contribution is 2.68. The number of hydrogen-bond donors (Lipinski definition) is 2. The molecule has 0 heterocycles. The lowest BCUT2D eigenvalue weighted by Gasteiger charge is -2.62. The van der Waals surface area contributed by atoms with Crippen LogP contribution in [0.25, 0.3) is 0 Å². The molecule has 1 aromatic rings. The molecule has 4 nitrogen and oxygen atoms in total. The van der Waals surface area contributed by atoms with Crippen LogP contribution >= 0.6 is 58.0 Å². The van der Waals surface area contributed by atoms with E-state index in [0.717, 1.165) is 38.5 Å². The quantitative estimate of drug-likeness (QED) is 0.146. The van der Waals surface area contributed by atoms with Crippen LogP contribution in [0, 0.1) is 46.3 Å². The van der Waals surface area contributed by atoms with Gasteiger partial charge in [0.15, 0.2) is 5.75 Å². The van der Waals surface area contributed by atoms with E-state index in [-0.39, 0.29) is 66.2 Å². The fourth-order valence-corrected chi connectivity index (χ4v) is 10.7. The molecule has 0 aromatic heterocycles. The molecular formula is C30H39Cl5O4. The first-order chi connectivity index (χ1) is 18.3. The van der Waals surface area contributed by atoms with Crippen molar-refractivity contribution in [2.75, 3.05) is 0 Å². The standard InChI is InChI=1S/C30H39Cl5O4/c1-14(4-9-22(38)39-28-26(34)24(32)23(31)25(33)27(28)35)18-7-8-19-17-6-5-15-12-16(36)10-11-29(15,2)20(17)13-21(37)30(18,19)3/h14-21,36-37H,4-13H2,1-3H3/t14-,15-,16-,17+,18-,19+,20+,21+,29+,30-/m1/s1. The van der Waals surface area contributed by atoms with Gasteiger partial charge in [0.1, 0.15) is 10.0 Å². The molecule has 5 rings (SSSR count). The number of fused-ring (bicyclic) bond motifs is 5. The maximum absolute atomic E-state index is 12.8. The summed E-state index contributed by atoms with van der Waals surface area (Å²) in [5, 5.41) is 22.0. The number of ether oxygens (including phenoxy) is 1. The van der Waals surface area contributed by atoms with E-state index in [9.17, 15) is 15.0 Å². The van der Waals surface area contributed by atoms with Crippen molar-refractivity contribution < 1.29 is 19.7 Å². The molecular weight excluding hydrogens is 602 g/mol.